The van der Waals surface area contributed by atoms with E-state index in [9.17, 15) is 14.0 Å². The maximum Gasteiger partial charge on any atom is 0.328 e. The maximum atomic E-state index is 13.2. The number of benzene rings is 2. The third-order valence-electron chi connectivity index (χ3n) is 3.76. The van der Waals surface area contributed by atoms with E-state index in [4.69, 9.17) is 5.11 Å². The predicted octanol–water partition coefficient (Wildman–Crippen LogP) is 2.94. The molecule has 2 N–H and O–H groups in total. The van der Waals surface area contributed by atoms with E-state index in [0.29, 0.717) is 16.8 Å². The van der Waals surface area contributed by atoms with E-state index in [2.05, 4.69) is 10.4 Å². The highest BCUT2D eigenvalue weighted by Crippen LogP contribution is 2.24. The lowest BCUT2D eigenvalue weighted by atomic mass is 10.1. The Morgan fingerprint density at radius 2 is 1.78 bits per heavy atom. The molecule has 1 aromatic heterocycles. The summed E-state index contributed by atoms with van der Waals surface area (Å²) in [5, 5.41) is 15.8. The van der Waals surface area contributed by atoms with E-state index < -0.39 is 11.9 Å². The summed E-state index contributed by atoms with van der Waals surface area (Å²) in [6, 6.07) is 15.3. The zero-order valence-corrected chi connectivity index (χ0v) is 14.2. The second-order valence-electron chi connectivity index (χ2n) is 5.68. The Labute approximate surface area is 154 Å². The number of carbonyl (C=O) groups excluding carboxylic acids is 1. The number of halogens is 1. The van der Waals surface area contributed by atoms with Gasteiger partial charge in [-0.2, -0.15) is 5.10 Å². The number of carbonyl (C=O) groups is 2. The molecule has 0 saturated carbocycles. The molecule has 1 amide bonds. The summed E-state index contributed by atoms with van der Waals surface area (Å²) in [7, 11) is 0. The largest absolute Gasteiger partial charge is 0.478 e. The van der Waals surface area contributed by atoms with Crippen molar-refractivity contribution in [2.75, 3.05) is 0 Å². The normalized spacial score (nSPS) is 10.9. The molecule has 0 bridgehead atoms. The summed E-state index contributed by atoms with van der Waals surface area (Å²) in [6.07, 6.45) is 3.49. The summed E-state index contributed by atoms with van der Waals surface area (Å²) in [6.45, 7) is 0.141. The van der Waals surface area contributed by atoms with Crippen LogP contribution >= 0.6 is 0 Å². The zero-order chi connectivity index (χ0) is 19.2. The molecule has 0 aliphatic heterocycles. The highest BCUT2D eigenvalue weighted by molar-refractivity contribution is 5.93. The van der Waals surface area contributed by atoms with Gasteiger partial charge in [-0.15, -0.1) is 0 Å². The maximum absolute atomic E-state index is 13.2. The van der Waals surface area contributed by atoms with Crippen LogP contribution in [0.2, 0.25) is 0 Å². The third kappa shape index (κ3) is 4.66. The SMILES string of the molecule is O=C(O)C=CC(=O)NCc1cn(-c2ccccc2)nc1-c1ccc(F)cc1. The number of hydrogen-bond donors (Lipinski definition) is 2. The van der Waals surface area contributed by atoms with Crippen LogP contribution in [0.4, 0.5) is 4.39 Å². The van der Waals surface area contributed by atoms with Crippen LogP contribution in [-0.2, 0) is 16.1 Å². The van der Waals surface area contributed by atoms with Crippen molar-refractivity contribution < 1.29 is 19.1 Å². The molecule has 1 heterocycles. The van der Waals surface area contributed by atoms with Gasteiger partial charge in [0.1, 0.15) is 5.82 Å². The second-order valence-corrected chi connectivity index (χ2v) is 5.68. The second kappa shape index (κ2) is 8.09. The first-order chi connectivity index (χ1) is 13.0. The molecular formula is C20H16FN3O3. The molecule has 2 aromatic carbocycles. The first-order valence-electron chi connectivity index (χ1n) is 8.11. The summed E-state index contributed by atoms with van der Waals surface area (Å²) in [5.74, 6) is -2.08. The van der Waals surface area contributed by atoms with Gasteiger partial charge in [0.15, 0.2) is 0 Å². The average Bonchev–Trinajstić information content (AvgIpc) is 3.10. The van der Waals surface area contributed by atoms with E-state index in [-0.39, 0.29) is 12.4 Å². The molecule has 136 valence electrons. The minimum Gasteiger partial charge on any atom is -0.478 e. The fraction of sp³-hybridized carbons (Fsp3) is 0.0500. The lowest BCUT2D eigenvalue weighted by molar-refractivity contribution is -0.131. The molecule has 0 saturated heterocycles. The Kier molecular flexibility index (Phi) is 5.41. The summed E-state index contributed by atoms with van der Waals surface area (Å²) >= 11 is 0. The summed E-state index contributed by atoms with van der Waals surface area (Å²) in [5.41, 5.74) is 2.85. The number of amides is 1. The van der Waals surface area contributed by atoms with Gasteiger partial charge in [-0.05, 0) is 36.4 Å². The Balaban J connectivity index is 1.90. The fourth-order valence-corrected chi connectivity index (χ4v) is 2.49. The molecule has 3 rings (SSSR count). The molecule has 0 unspecified atom stereocenters. The molecule has 27 heavy (non-hydrogen) atoms. The predicted molar refractivity (Wildman–Crippen MR) is 97.6 cm³/mol. The Hall–Kier alpha value is -3.74. The summed E-state index contributed by atoms with van der Waals surface area (Å²) < 4.78 is 14.9. The van der Waals surface area contributed by atoms with E-state index in [0.717, 1.165) is 17.8 Å². The van der Waals surface area contributed by atoms with Gasteiger partial charge in [0, 0.05) is 36.0 Å². The van der Waals surface area contributed by atoms with Gasteiger partial charge < -0.3 is 10.4 Å². The van der Waals surface area contributed by atoms with Crippen LogP contribution in [0.3, 0.4) is 0 Å². The Morgan fingerprint density at radius 3 is 2.44 bits per heavy atom. The molecule has 0 fully saturated rings. The van der Waals surface area contributed by atoms with Gasteiger partial charge in [-0.3, -0.25) is 4.79 Å². The van der Waals surface area contributed by atoms with Crippen LogP contribution in [0, 0.1) is 5.82 Å². The standard InChI is InChI=1S/C20H16FN3O3/c21-16-8-6-14(7-9-16)20-15(12-22-18(25)10-11-19(26)27)13-24(23-20)17-4-2-1-3-5-17/h1-11,13H,12H2,(H,22,25)(H,26,27). The van der Waals surface area contributed by atoms with E-state index in [1.165, 1.54) is 12.1 Å². The molecule has 0 aliphatic rings. The Morgan fingerprint density at radius 1 is 1.07 bits per heavy atom. The smallest absolute Gasteiger partial charge is 0.328 e. The molecule has 0 radical (unpaired) electrons. The van der Waals surface area contributed by atoms with Crippen LogP contribution in [0.15, 0.2) is 72.9 Å². The molecule has 7 heteroatoms. The number of aromatic nitrogens is 2. The van der Waals surface area contributed by atoms with Crippen molar-refractivity contribution in [3.8, 4) is 16.9 Å². The van der Waals surface area contributed by atoms with E-state index >= 15 is 0 Å². The van der Waals surface area contributed by atoms with E-state index in [1.807, 2.05) is 30.3 Å². The minimum absolute atomic E-state index is 0.141. The van der Waals surface area contributed by atoms with Gasteiger partial charge in [-0.1, -0.05) is 18.2 Å². The molecule has 0 spiro atoms. The van der Waals surface area contributed by atoms with Crippen molar-refractivity contribution in [3.05, 3.63) is 84.3 Å². The van der Waals surface area contributed by atoms with Crippen molar-refractivity contribution in [3.63, 3.8) is 0 Å². The molecule has 0 aliphatic carbocycles. The van der Waals surface area contributed by atoms with Gasteiger partial charge >= 0.3 is 5.97 Å². The van der Waals surface area contributed by atoms with Crippen LogP contribution in [0.1, 0.15) is 5.56 Å². The van der Waals surface area contributed by atoms with Crippen molar-refractivity contribution in [2.45, 2.75) is 6.54 Å². The number of para-hydroxylation sites is 1. The molecular weight excluding hydrogens is 349 g/mol. The lowest BCUT2D eigenvalue weighted by Gasteiger charge is -2.03. The topological polar surface area (TPSA) is 84.2 Å². The number of nitrogens with one attached hydrogen (secondary N) is 1. The van der Waals surface area contributed by atoms with Crippen LogP contribution < -0.4 is 5.32 Å². The first-order valence-corrected chi connectivity index (χ1v) is 8.11. The van der Waals surface area contributed by atoms with Gasteiger partial charge in [-0.25, -0.2) is 13.9 Å². The van der Waals surface area contributed by atoms with Crippen LogP contribution in [0.25, 0.3) is 16.9 Å². The number of carboxylic acids is 1. The lowest BCUT2D eigenvalue weighted by Crippen LogP contribution is -2.20. The number of aliphatic carboxylic acids is 1. The quantitative estimate of drug-likeness (QED) is 0.658. The summed E-state index contributed by atoms with van der Waals surface area (Å²) in [4.78, 5) is 22.2. The molecule has 6 nitrogen and oxygen atoms in total. The number of carboxylic acid groups (broad SMARTS) is 1. The van der Waals surface area contributed by atoms with Gasteiger partial charge in [0.25, 0.3) is 0 Å². The molecule has 3 aromatic rings. The highest BCUT2D eigenvalue weighted by atomic mass is 19.1. The van der Waals surface area contributed by atoms with Crippen molar-refractivity contribution in [2.24, 2.45) is 0 Å². The first kappa shape index (κ1) is 18.1. The van der Waals surface area contributed by atoms with Crippen molar-refractivity contribution in [1.82, 2.24) is 15.1 Å². The number of hydrogen-bond acceptors (Lipinski definition) is 3. The number of rotatable bonds is 6. The Bertz CT molecular complexity index is 979. The third-order valence-corrected chi connectivity index (χ3v) is 3.76. The average molecular weight is 365 g/mol. The minimum atomic E-state index is -1.20. The monoisotopic (exact) mass is 365 g/mol. The number of nitrogens with zero attached hydrogens (tertiary/aromatic N) is 2. The highest BCUT2D eigenvalue weighted by Gasteiger charge is 2.13. The van der Waals surface area contributed by atoms with Gasteiger partial charge in [0.2, 0.25) is 5.91 Å². The van der Waals surface area contributed by atoms with E-state index in [1.54, 1.807) is 23.0 Å². The van der Waals surface area contributed by atoms with Crippen LogP contribution in [0.5, 0.6) is 0 Å². The molecule has 0 atom stereocenters. The van der Waals surface area contributed by atoms with Gasteiger partial charge in [0.05, 0.1) is 11.4 Å². The fourth-order valence-electron chi connectivity index (χ4n) is 2.49. The van der Waals surface area contributed by atoms with Crippen LogP contribution in [-0.4, -0.2) is 26.8 Å². The van der Waals surface area contributed by atoms with Crippen molar-refractivity contribution in [1.29, 1.82) is 0 Å². The zero-order valence-electron chi connectivity index (χ0n) is 14.2. The van der Waals surface area contributed by atoms with Crippen molar-refractivity contribution >= 4 is 11.9 Å².